The Morgan fingerprint density at radius 1 is 0.952 bits per heavy atom. The van der Waals surface area contributed by atoms with Crippen LogP contribution in [0.25, 0.3) is 0 Å². The fourth-order valence-electron chi connectivity index (χ4n) is 2.54. The number of carbonyl (C=O) groups is 1. The van der Waals surface area contributed by atoms with Crippen molar-refractivity contribution in [2.24, 2.45) is 0 Å². The molecule has 0 atom stereocenters. The van der Waals surface area contributed by atoms with Crippen molar-refractivity contribution in [2.75, 3.05) is 13.2 Å². The maximum Gasteiger partial charge on any atom is 0.310 e. The minimum atomic E-state index is -0.166. The van der Waals surface area contributed by atoms with Crippen molar-refractivity contribution in [1.82, 2.24) is 0 Å². The number of rotatable bonds is 13. The average molecular weight is 298 g/mol. The molecule has 21 heavy (non-hydrogen) atoms. The first-order chi connectivity index (χ1) is 10.3. The summed E-state index contributed by atoms with van der Waals surface area (Å²) in [5, 5.41) is 0. The molecule has 0 amide bonds. The Morgan fingerprint density at radius 3 is 2.05 bits per heavy atom. The van der Waals surface area contributed by atoms with Gasteiger partial charge in [0.15, 0.2) is 6.29 Å². The Kier molecular flexibility index (Phi) is 11.1. The molecule has 0 N–H and O–H groups in total. The van der Waals surface area contributed by atoms with Gasteiger partial charge in [0.25, 0.3) is 0 Å². The molecule has 4 nitrogen and oxygen atoms in total. The molecule has 0 unspecified atom stereocenters. The number of carbonyl (C=O) groups excluding carboxylic acids is 1. The third-order valence-electron chi connectivity index (χ3n) is 3.73. The highest BCUT2D eigenvalue weighted by atomic mass is 16.7. The van der Waals surface area contributed by atoms with Crippen LogP contribution in [0.4, 0.5) is 0 Å². The molecule has 0 aromatic carbocycles. The van der Waals surface area contributed by atoms with E-state index in [1.165, 1.54) is 51.2 Å². The Morgan fingerprint density at radius 2 is 1.48 bits per heavy atom. The van der Waals surface area contributed by atoms with Crippen molar-refractivity contribution in [2.45, 2.75) is 76.9 Å². The van der Waals surface area contributed by atoms with Crippen molar-refractivity contribution >= 4 is 5.97 Å². The Labute approximate surface area is 128 Å². The SMILES string of the molecule is C=COC(=O)CCCCCCCCCCCC1OCCO1. The van der Waals surface area contributed by atoms with Crippen molar-refractivity contribution in [3.8, 4) is 0 Å². The van der Waals surface area contributed by atoms with E-state index in [2.05, 4.69) is 11.3 Å². The zero-order valence-electron chi connectivity index (χ0n) is 13.2. The standard InChI is InChI=1S/C17H30O4/c1-2-19-16(18)12-10-8-6-4-3-5-7-9-11-13-17-20-14-15-21-17/h2,17H,1,3-15H2. The minimum Gasteiger partial charge on any atom is -0.435 e. The fourth-order valence-corrected chi connectivity index (χ4v) is 2.54. The molecule has 0 aliphatic carbocycles. The second kappa shape index (κ2) is 12.8. The number of hydrogen-bond donors (Lipinski definition) is 0. The van der Waals surface area contributed by atoms with Crippen LogP contribution in [0, 0.1) is 0 Å². The molecule has 0 bridgehead atoms. The van der Waals surface area contributed by atoms with Gasteiger partial charge in [-0.05, 0) is 19.3 Å². The van der Waals surface area contributed by atoms with Crippen LogP contribution in [-0.2, 0) is 19.0 Å². The van der Waals surface area contributed by atoms with Gasteiger partial charge >= 0.3 is 5.97 Å². The number of esters is 1. The van der Waals surface area contributed by atoms with Crippen molar-refractivity contribution in [3.63, 3.8) is 0 Å². The van der Waals surface area contributed by atoms with Gasteiger partial charge in [0.2, 0.25) is 0 Å². The van der Waals surface area contributed by atoms with Gasteiger partial charge in [0.1, 0.15) is 0 Å². The van der Waals surface area contributed by atoms with Crippen LogP contribution >= 0.6 is 0 Å². The van der Waals surface area contributed by atoms with E-state index in [1.807, 2.05) is 0 Å². The summed E-state index contributed by atoms with van der Waals surface area (Å²) in [7, 11) is 0. The van der Waals surface area contributed by atoms with Gasteiger partial charge in [-0.3, -0.25) is 4.79 Å². The Hall–Kier alpha value is -0.870. The summed E-state index contributed by atoms with van der Waals surface area (Å²) in [4.78, 5) is 11.1. The molecule has 0 radical (unpaired) electrons. The molecular weight excluding hydrogens is 268 g/mol. The van der Waals surface area contributed by atoms with Crippen molar-refractivity contribution in [3.05, 3.63) is 12.8 Å². The second-order valence-corrected chi connectivity index (χ2v) is 5.55. The summed E-state index contributed by atoms with van der Waals surface area (Å²) in [6.07, 6.45) is 13.7. The quantitative estimate of drug-likeness (QED) is 0.288. The van der Waals surface area contributed by atoms with E-state index < -0.39 is 0 Å². The van der Waals surface area contributed by atoms with Crippen LogP contribution in [0.1, 0.15) is 70.6 Å². The predicted octanol–water partition coefficient (Wildman–Crippen LogP) is 4.34. The van der Waals surface area contributed by atoms with E-state index in [1.54, 1.807) is 0 Å². The number of unbranched alkanes of at least 4 members (excludes halogenated alkanes) is 8. The first-order valence-electron chi connectivity index (χ1n) is 8.36. The van der Waals surface area contributed by atoms with Crippen LogP contribution in [-0.4, -0.2) is 25.5 Å². The number of hydrogen-bond acceptors (Lipinski definition) is 4. The Balaban J connectivity index is 1.72. The van der Waals surface area contributed by atoms with Gasteiger partial charge in [0, 0.05) is 6.42 Å². The molecule has 1 rings (SSSR count). The van der Waals surface area contributed by atoms with E-state index in [4.69, 9.17) is 9.47 Å². The molecule has 1 fully saturated rings. The van der Waals surface area contributed by atoms with Gasteiger partial charge < -0.3 is 14.2 Å². The molecule has 1 aliphatic heterocycles. The van der Waals surface area contributed by atoms with Gasteiger partial charge in [-0.25, -0.2) is 0 Å². The third-order valence-corrected chi connectivity index (χ3v) is 3.73. The molecule has 0 aromatic rings. The molecule has 0 aromatic heterocycles. The lowest BCUT2D eigenvalue weighted by atomic mass is 10.1. The molecular formula is C17H30O4. The lowest BCUT2D eigenvalue weighted by molar-refractivity contribution is -0.138. The van der Waals surface area contributed by atoms with Crippen LogP contribution in [0.15, 0.2) is 12.8 Å². The van der Waals surface area contributed by atoms with Gasteiger partial charge in [-0.1, -0.05) is 51.5 Å². The predicted molar refractivity (Wildman–Crippen MR) is 82.8 cm³/mol. The summed E-state index contributed by atoms with van der Waals surface area (Å²) in [6, 6.07) is 0. The summed E-state index contributed by atoms with van der Waals surface area (Å²) in [6.45, 7) is 4.89. The normalized spacial score (nSPS) is 15.2. The van der Waals surface area contributed by atoms with E-state index in [0.717, 1.165) is 32.5 Å². The third kappa shape index (κ3) is 10.5. The van der Waals surface area contributed by atoms with E-state index in [9.17, 15) is 4.79 Å². The highest BCUT2D eigenvalue weighted by Crippen LogP contribution is 2.15. The first-order valence-corrected chi connectivity index (χ1v) is 8.36. The van der Waals surface area contributed by atoms with E-state index >= 15 is 0 Å². The molecule has 4 heteroatoms. The zero-order chi connectivity index (χ0) is 15.2. The summed E-state index contributed by atoms with van der Waals surface area (Å²) in [5.41, 5.74) is 0. The molecule has 1 heterocycles. The van der Waals surface area contributed by atoms with Crippen LogP contribution in [0.3, 0.4) is 0 Å². The lowest BCUT2D eigenvalue weighted by Crippen LogP contribution is -2.06. The van der Waals surface area contributed by atoms with Crippen molar-refractivity contribution in [1.29, 1.82) is 0 Å². The summed E-state index contributed by atoms with van der Waals surface area (Å²) in [5.74, 6) is -0.166. The monoisotopic (exact) mass is 298 g/mol. The average Bonchev–Trinajstić information content (AvgIpc) is 2.98. The summed E-state index contributed by atoms with van der Waals surface area (Å²) >= 11 is 0. The fraction of sp³-hybridized carbons (Fsp3) is 0.824. The zero-order valence-corrected chi connectivity index (χ0v) is 13.2. The topological polar surface area (TPSA) is 44.8 Å². The maximum absolute atomic E-state index is 11.1. The largest absolute Gasteiger partial charge is 0.435 e. The lowest BCUT2D eigenvalue weighted by Gasteiger charge is -2.08. The first kappa shape index (κ1) is 18.2. The summed E-state index contributed by atoms with van der Waals surface area (Å²) < 4.78 is 15.5. The van der Waals surface area contributed by atoms with Gasteiger partial charge in [-0.15, -0.1) is 0 Å². The second-order valence-electron chi connectivity index (χ2n) is 5.55. The minimum absolute atomic E-state index is 0.0674. The van der Waals surface area contributed by atoms with E-state index in [0.29, 0.717) is 6.42 Å². The van der Waals surface area contributed by atoms with Gasteiger partial charge in [-0.2, -0.15) is 0 Å². The number of ether oxygens (including phenoxy) is 3. The smallest absolute Gasteiger partial charge is 0.310 e. The molecule has 1 aliphatic rings. The highest BCUT2D eigenvalue weighted by molar-refractivity contribution is 5.69. The molecule has 0 spiro atoms. The highest BCUT2D eigenvalue weighted by Gasteiger charge is 2.14. The van der Waals surface area contributed by atoms with Gasteiger partial charge in [0.05, 0.1) is 19.5 Å². The molecule has 122 valence electrons. The van der Waals surface area contributed by atoms with E-state index in [-0.39, 0.29) is 12.3 Å². The van der Waals surface area contributed by atoms with Crippen molar-refractivity contribution < 1.29 is 19.0 Å². The van der Waals surface area contributed by atoms with Crippen LogP contribution < -0.4 is 0 Å². The molecule has 1 saturated heterocycles. The maximum atomic E-state index is 11.1. The Bertz CT molecular complexity index is 272. The molecule has 0 saturated carbocycles. The van der Waals surface area contributed by atoms with Crippen LogP contribution in [0.5, 0.6) is 0 Å². The van der Waals surface area contributed by atoms with Crippen LogP contribution in [0.2, 0.25) is 0 Å².